The monoisotopic (exact) mass is 260 g/mol. The molecule has 0 bridgehead atoms. The van der Waals surface area contributed by atoms with Crippen molar-refractivity contribution in [2.75, 3.05) is 11.9 Å². The first-order valence-electron chi connectivity index (χ1n) is 6.44. The first-order chi connectivity index (χ1) is 9.10. The van der Waals surface area contributed by atoms with Crippen LogP contribution in [0.4, 0.5) is 5.82 Å². The van der Waals surface area contributed by atoms with Crippen molar-refractivity contribution >= 4 is 5.82 Å². The molecular weight excluding hydrogens is 240 g/mol. The van der Waals surface area contributed by atoms with Crippen LogP contribution in [0, 0.1) is 0 Å². The average Bonchev–Trinajstić information content (AvgIpc) is 2.90. The Labute approximate surface area is 113 Å². The minimum Gasteiger partial charge on any atom is -0.472 e. The molecular formula is C15H20N2O2. The third-order valence-electron chi connectivity index (χ3n) is 3.06. The molecule has 2 rings (SSSR count). The highest BCUT2D eigenvalue weighted by Gasteiger charge is 2.10. The largest absolute Gasteiger partial charge is 0.472 e. The molecule has 1 N–H and O–H groups in total. The van der Waals surface area contributed by atoms with Gasteiger partial charge in [-0.3, -0.25) is 0 Å². The number of furan rings is 1. The molecule has 0 saturated heterocycles. The maximum absolute atomic E-state index is 9.35. The van der Waals surface area contributed by atoms with Crippen molar-refractivity contribution in [1.82, 2.24) is 4.98 Å². The van der Waals surface area contributed by atoms with Crippen molar-refractivity contribution in [3.05, 3.63) is 47.5 Å². The molecule has 0 radical (unpaired) electrons. The second-order valence-electron chi connectivity index (χ2n) is 5.06. The number of nitrogens with zero attached hydrogens (tertiary/aromatic N) is 2. The van der Waals surface area contributed by atoms with Gasteiger partial charge in [0.15, 0.2) is 0 Å². The van der Waals surface area contributed by atoms with Crippen LogP contribution in [-0.2, 0) is 13.2 Å². The Morgan fingerprint density at radius 2 is 2.11 bits per heavy atom. The molecule has 102 valence electrons. The summed E-state index contributed by atoms with van der Waals surface area (Å²) >= 11 is 0. The molecule has 0 aromatic carbocycles. The number of hydrogen-bond donors (Lipinski definition) is 1. The molecule has 2 heterocycles. The number of aliphatic hydroxyl groups is 1. The number of hydrogen-bond acceptors (Lipinski definition) is 4. The molecule has 0 amide bonds. The average molecular weight is 260 g/mol. The van der Waals surface area contributed by atoms with Gasteiger partial charge in [0, 0.05) is 24.8 Å². The highest BCUT2D eigenvalue weighted by molar-refractivity contribution is 5.43. The van der Waals surface area contributed by atoms with Gasteiger partial charge in [-0.2, -0.15) is 0 Å². The summed E-state index contributed by atoms with van der Waals surface area (Å²) in [6, 6.07) is 5.82. The second-order valence-corrected chi connectivity index (χ2v) is 5.06. The van der Waals surface area contributed by atoms with E-state index in [2.05, 4.69) is 23.7 Å². The zero-order chi connectivity index (χ0) is 13.8. The summed E-state index contributed by atoms with van der Waals surface area (Å²) in [7, 11) is 1.99. The van der Waals surface area contributed by atoms with Crippen LogP contribution in [0.25, 0.3) is 0 Å². The van der Waals surface area contributed by atoms with Crippen LogP contribution < -0.4 is 4.90 Å². The maximum atomic E-state index is 9.35. The maximum Gasteiger partial charge on any atom is 0.129 e. The van der Waals surface area contributed by atoms with Gasteiger partial charge in [0.05, 0.1) is 19.1 Å². The number of aliphatic hydroxyl groups excluding tert-OH is 1. The molecule has 0 unspecified atom stereocenters. The topological polar surface area (TPSA) is 49.5 Å². The first kappa shape index (κ1) is 13.6. The van der Waals surface area contributed by atoms with E-state index >= 15 is 0 Å². The highest BCUT2D eigenvalue weighted by atomic mass is 16.3. The van der Waals surface area contributed by atoms with Crippen molar-refractivity contribution in [2.45, 2.75) is 32.9 Å². The zero-order valence-electron chi connectivity index (χ0n) is 11.6. The Hall–Kier alpha value is -1.81. The number of aromatic nitrogens is 1. The predicted molar refractivity (Wildman–Crippen MR) is 75.1 cm³/mol. The van der Waals surface area contributed by atoms with Gasteiger partial charge in [0.25, 0.3) is 0 Å². The lowest BCUT2D eigenvalue weighted by atomic mass is 10.1. The lowest BCUT2D eigenvalue weighted by molar-refractivity contribution is 0.281. The molecule has 0 aliphatic carbocycles. The molecule has 0 aliphatic rings. The van der Waals surface area contributed by atoms with E-state index in [-0.39, 0.29) is 6.61 Å². The predicted octanol–water partition coefficient (Wildman–Crippen LogP) is 2.93. The van der Waals surface area contributed by atoms with Gasteiger partial charge in [-0.1, -0.05) is 13.8 Å². The smallest absolute Gasteiger partial charge is 0.129 e. The van der Waals surface area contributed by atoms with Crippen LogP contribution in [-0.4, -0.2) is 17.1 Å². The van der Waals surface area contributed by atoms with Crippen LogP contribution in [0.5, 0.6) is 0 Å². The standard InChI is InChI=1S/C15H20N2O2/c1-11(2)14-6-13(9-18)7-15(16-14)17(3)8-12-4-5-19-10-12/h4-7,10-11,18H,8-9H2,1-3H3. The van der Waals surface area contributed by atoms with Gasteiger partial charge in [0.2, 0.25) is 0 Å². The minimum atomic E-state index is 0.0365. The van der Waals surface area contributed by atoms with Gasteiger partial charge in [-0.05, 0) is 29.7 Å². The summed E-state index contributed by atoms with van der Waals surface area (Å²) in [6.07, 6.45) is 3.40. The van der Waals surface area contributed by atoms with E-state index in [9.17, 15) is 5.11 Å². The number of anilines is 1. The van der Waals surface area contributed by atoms with Gasteiger partial charge in [-0.15, -0.1) is 0 Å². The van der Waals surface area contributed by atoms with Gasteiger partial charge < -0.3 is 14.4 Å². The van der Waals surface area contributed by atoms with Crippen molar-refractivity contribution in [3.8, 4) is 0 Å². The molecule has 4 nitrogen and oxygen atoms in total. The third-order valence-corrected chi connectivity index (χ3v) is 3.06. The molecule has 4 heteroatoms. The number of pyridine rings is 1. The second kappa shape index (κ2) is 5.89. The normalized spacial score (nSPS) is 11.0. The Bertz CT molecular complexity index is 521. The first-order valence-corrected chi connectivity index (χ1v) is 6.44. The summed E-state index contributed by atoms with van der Waals surface area (Å²) in [6.45, 7) is 4.97. The van der Waals surface area contributed by atoms with Crippen molar-refractivity contribution in [1.29, 1.82) is 0 Å². The molecule has 0 atom stereocenters. The quantitative estimate of drug-likeness (QED) is 0.898. The minimum absolute atomic E-state index is 0.0365. The molecule has 0 spiro atoms. The molecule has 0 saturated carbocycles. The fourth-order valence-corrected chi connectivity index (χ4v) is 1.91. The summed E-state index contributed by atoms with van der Waals surface area (Å²) in [4.78, 5) is 6.70. The van der Waals surface area contributed by atoms with E-state index in [1.54, 1.807) is 12.5 Å². The summed E-state index contributed by atoms with van der Waals surface area (Å²) in [5.41, 5.74) is 3.00. The lowest BCUT2D eigenvalue weighted by Gasteiger charge is -2.20. The summed E-state index contributed by atoms with van der Waals surface area (Å²) in [5.74, 6) is 1.21. The van der Waals surface area contributed by atoms with E-state index in [0.29, 0.717) is 5.92 Å². The molecule has 2 aromatic rings. The van der Waals surface area contributed by atoms with Crippen LogP contribution in [0.2, 0.25) is 0 Å². The van der Waals surface area contributed by atoms with Crippen LogP contribution >= 0.6 is 0 Å². The van der Waals surface area contributed by atoms with Crippen molar-refractivity contribution in [2.24, 2.45) is 0 Å². The van der Waals surface area contributed by atoms with Crippen LogP contribution in [0.3, 0.4) is 0 Å². The van der Waals surface area contributed by atoms with E-state index in [0.717, 1.165) is 29.2 Å². The Kier molecular flexibility index (Phi) is 4.22. The SMILES string of the molecule is CC(C)c1cc(CO)cc(N(C)Cc2ccoc2)n1. The molecule has 2 aromatic heterocycles. The van der Waals surface area contributed by atoms with E-state index in [1.807, 2.05) is 25.2 Å². The third kappa shape index (κ3) is 3.35. The Morgan fingerprint density at radius 3 is 2.68 bits per heavy atom. The van der Waals surface area contributed by atoms with Crippen molar-refractivity contribution in [3.63, 3.8) is 0 Å². The fourth-order valence-electron chi connectivity index (χ4n) is 1.91. The van der Waals surface area contributed by atoms with E-state index in [1.165, 1.54) is 0 Å². The van der Waals surface area contributed by atoms with Crippen LogP contribution in [0.15, 0.2) is 35.1 Å². The van der Waals surface area contributed by atoms with Crippen LogP contribution in [0.1, 0.15) is 36.6 Å². The van der Waals surface area contributed by atoms with Gasteiger partial charge in [-0.25, -0.2) is 4.98 Å². The van der Waals surface area contributed by atoms with Gasteiger partial charge >= 0.3 is 0 Å². The molecule has 0 fully saturated rings. The summed E-state index contributed by atoms with van der Waals surface area (Å²) < 4.78 is 5.07. The fraction of sp³-hybridized carbons (Fsp3) is 0.400. The Balaban J connectivity index is 2.24. The molecule has 19 heavy (non-hydrogen) atoms. The zero-order valence-corrected chi connectivity index (χ0v) is 11.6. The highest BCUT2D eigenvalue weighted by Crippen LogP contribution is 2.21. The van der Waals surface area contributed by atoms with E-state index < -0.39 is 0 Å². The van der Waals surface area contributed by atoms with E-state index in [4.69, 9.17) is 4.42 Å². The van der Waals surface area contributed by atoms with Crippen molar-refractivity contribution < 1.29 is 9.52 Å². The lowest BCUT2D eigenvalue weighted by Crippen LogP contribution is -2.18. The number of rotatable bonds is 5. The molecule has 0 aliphatic heterocycles. The summed E-state index contributed by atoms with van der Waals surface area (Å²) in [5, 5.41) is 9.35. The Morgan fingerprint density at radius 1 is 1.32 bits per heavy atom. The van der Waals surface area contributed by atoms with Gasteiger partial charge in [0.1, 0.15) is 5.82 Å².